The van der Waals surface area contributed by atoms with Crippen molar-refractivity contribution in [3.63, 3.8) is 0 Å². The SMILES string of the molecule is COCCN(C)C(=O)c1cccc(C(=O)CC2=NC(C)(C)Cc3ccc(OC)cc32)c1. The van der Waals surface area contributed by atoms with E-state index in [0.717, 1.165) is 29.0 Å². The molecule has 2 aromatic carbocycles. The van der Waals surface area contributed by atoms with Gasteiger partial charge in [-0.25, -0.2) is 0 Å². The molecule has 0 N–H and O–H groups in total. The van der Waals surface area contributed by atoms with Crippen LogP contribution in [0.25, 0.3) is 0 Å². The zero-order valence-electron chi connectivity index (χ0n) is 18.9. The number of likely N-dealkylation sites (N-methyl/N-ethyl adjacent to an activating group) is 1. The van der Waals surface area contributed by atoms with Crippen LogP contribution in [0.5, 0.6) is 5.75 Å². The Labute approximate surface area is 183 Å². The van der Waals surface area contributed by atoms with Gasteiger partial charge < -0.3 is 14.4 Å². The van der Waals surface area contributed by atoms with Crippen LogP contribution in [0.1, 0.15) is 52.1 Å². The van der Waals surface area contributed by atoms with Gasteiger partial charge in [0, 0.05) is 37.4 Å². The van der Waals surface area contributed by atoms with Crippen LogP contribution in [-0.2, 0) is 11.2 Å². The van der Waals surface area contributed by atoms with Gasteiger partial charge in [0.15, 0.2) is 5.78 Å². The van der Waals surface area contributed by atoms with Gasteiger partial charge in [-0.05, 0) is 50.1 Å². The number of amides is 1. The van der Waals surface area contributed by atoms with E-state index in [1.807, 2.05) is 18.2 Å². The third kappa shape index (κ3) is 5.39. The predicted octanol–water partition coefficient (Wildman–Crippen LogP) is 3.81. The minimum atomic E-state index is -0.279. The van der Waals surface area contributed by atoms with E-state index in [2.05, 4.69) is 13.8 Å². The largest absolute Gasteiger partial charge is 0.497 e. The van der Waals surface area contributed by atoms with Crippen LogP contribution in [0.2, 0.25) is 0 Å². The second-order valence-corrected chi connectivity index (χ2v) is 8.47. The Balaban J connectivity index is 1.85. The summed E-state index contributed by atoms with van der Waals surface area (Å²) in [5.41, 5.74) is 3.58. The summed E-state index contributed by atoms with van der Waals surface area (Å²) in [7, 11) is 4.95. The van der Waals surface area contributed by atoms with Gasteiger partial charge in [0.2, 0.25) is 0 Å². The number of methoxy groups -OCH3 is 2. The third-order valence-corrected chi connectivity index (χ3v) is 5.43. The number of Topliss-reactive ketones (excluding diaryl/α,β-unsaturated/α-hetero) is 1. The highest BCUT2D eigenvalue weighted by molar-refractivity contribution is 6.17. The zero-order valence-corrected chi connectivity index (χ0v) is 18.9. The summed E-state index contributed by atoms with van der Waals surface area (Å²) in [5, 5.41) is 0. The van der Waals surface area contributed by atoms with Crippen molar-refractivity contribution >= 4 is 17.4 Å². The second-order valence-electron chi connectivity index (χ2n) is 8.47. The van der Waals surface area contributed by atoms with Gasteiger partial charge in [-0.2, -0.15) is 0 Å². The van der Waals surface area contributed by atoms with Gasteiger partial charge in [0.1, 0.15) is 5.75 Å². The number of carbonyl (C=O) groups is 2. The molecule has 0 atom stereocenters. The minimum Gasteiger partial charge on any atom is -0.497 e. The molecule has 0 bridgehead atoms. The average Bonchev–Trinajstić information content (AvgIpc) is 2.76. The number of aliphatic imine (C=N–C) groups is 1. The summed E-state index contributed by atoms with van der Waals surface area (Å²) in [5.74, 6) is 0.530. The van der Waals surface area contributed by atoms with Crippen molar-refractivity contribution in [2.45, 2.75) is 32.2 Å². The summed E-state index contributed by atoms with van der Waals surface area (Å²) in [6.07, 6.45) is 0.975. The van der Waals surface area contributed by atoms with E-state index >= 15 is 0 Å². The molecule has 0 spiro atoms. The number of carbonyl (C=O) groups excluding carboxylic acids is 2. The van der Waals surface area contributed by atoms with Crippen LogP contribution >= 0.6 is 0 Å². The van der Waals surface area contributed by atoms with Crippen LogP contribution in [0.3, 0.4) is 0 Å². The summed E-state index contributed by atoms with van der Waals surface area (Å²) in [6, 6.07) is 12.8. The minimum absolute atomic E-state index is 0.0700. The monoisotopic (exact) mass is 422 g/mol. The van der Waals surface area contributed by atoms with Gasteiger partial charge >= 0.3 is 0 Å². The molecule has 6 heteroatoms. The highest BCUT2D eigenvalue weighted by Gasteiger charge is 2.28. The number of benzene rings is 2. The first kappa shape index (κ1) is 22.7. The molecule has 6 nitrogen and oxygen atoms in total. The lowest BCUT2D eigenvalue weighted by Crippen LogP contribution is -2.30. The molecule has 0 saturated carbocycles. The molecule has 2 aromatic rings. The maximum Gasteiger partial charge on any atom is 0.253 e. The van der Waals surface area contributed by atoms with Crippen molar-refractivity contribution in [2.24, 2.45) is 4.99 Å². The van der Waals surface area contributed by atoms with Crippen LogP contribution in [0.15, 0.2) is 47.5 Å². The number of hydrogen-bond acceptors (Lipinski definition) is 5. The smallest absolute Gasteiger partial charge is 0.253 e. The summed E-state index contributed by atoms with van der Waals surface area (Å²) in [4.78, 5) is 32.3. The molecule has 31 heavy (non-hydrogen) atoms. The van der Waals surface area contributed by atoms with Crippen molar-refractivity contribution in [2.75, 3.05) is 34.4 Å². The van der Waals surface area contributed by atoms with E-state index < -0.39 is 0 Å². The Morgan fingerprint density at radius 2 is 1.84 bits per heavy atom. The first-order valence-corrected chi connectivity index (χ1v) is 10.4. The van der Waals surface area contributed by atoms with Gasteiger partial charge in [-0.15, -0.1) is 0 Å². The Morgan fingerprint density at radius 1 is 1.10 bits per heavy atom. The maximum atomic E-state index is 13.1. The molecule has 0 fully saturated rings. The predicted molar refractivity (Wildman–Crippen MR) is 122 cm³/mol. The molecule has 164 valence electrons. The van der Waals surface area contributed by atoms with E-state index in [1.54, 1.807) is 50.4 Å². The summed E-state index contributed by atoms with van der Waals surface area (Å²) < 4.78 is 10.4. The molecular weight excluding hydrogens is 392 g/mol. The van der Waals surface area contributed by atoms with Crippen molar-refractivity contribution < 1.29 is 19.1 Å². The Kier molecular flexibility index (Phi) is 6.91. The van der Waals surface area contributed by atoms with E-state index in [0.29, 0.717) is 24.3 Å². The molecule has 0 unspecified atom stereocenters. The number of hydrogen-bond donors (Lipinski definition) is 0. The number of ketones is 1. The third-order valence-electron chi connectivity index (χ3n) is 5.43. The molecule has 0 aliphatic carbocycles. The molecule has 0 radical (unpaired) electrons. The zero-order chi connectivity index (χ0) is 22.6. The van der Waals surface area contributed by atoms with E-state index in [-0.39, 0.29) is 23.7 Å². The molecule has 1 aliphatic heterocycles. The van der Waals surface area contributed by atoms with Gasteiger partial charge in [-0.3, -0.25) is 14.6 Å². The standard InChI is InChI=1S/C25H30N2O4/c1-25(2)16-19-9-10-20(31-5)14-21(19)22(26-25)15-23(28)17-7-6-8-18(13-17)24(29)27(3)11-12-30-4/h6-10,13-14H,11-12,15-16H2,1-5H3. The lowest BCUT2D eigenvalue weighted by molar-refractivity contribution is 0.0744. The van der Waals surface area contributed by atoms with Crippen LogP contribution in [0, 0.1) is 0 Å². The highest BCUT2D eigenvalue weighted by atomic mass is 16.5. The second kappa shape index (κ2) is 9.43. The fourth-order valence-electron chi connectivity index (χ4n) is 3.80. The fourth-order valence-corrected chi connectivity index (χ4v) is 3.80. The topological polar surface area (TPSA) is 68.2 Å². The fraction of sp³-hybridized carbons (Fsp3) is 0.400. The van der Waals surface area contributed by atoms with Gasteiger partial charge in [-0.1, -0.05) is 18.2 Å². The highest BCUT2D eigenvalue weighted by Crippen LogP contribution is 2.31. The first-order chi connectivity index (χ1) is 14.7. The van der Waals surface area contributed by atoms with E-state index in [9.17, 15) is 9.59 Å². The van der Waals surface area contributed by atoms with Gasteiger partial charge in [0.25, 0.3) is 5.91 Å². The number of ether oxygens (including phenoxy) is 2. The molecule has 0 aromatic heterocycles. The summed E-state index contributed by atoms with van der Waals surface area (Å²) >= 11 is 0. The normalized spacial score (nSPS) is 14.4. The quantitative estimate of drug-likeness (QED) is 0.607. The Bertz CT molecular complexity index is 1010. The van der Waals surface area contributed by atoms with Crippen molar-refractivity contribution in [3.05, 3.63) is 64.7 Å². The van der Waals surface area contributed by atoms with E-state index in [4.69, 9.17) is 14.5 Å². The van der Waals surface area contributed by atoms with Crippen LogP contribution in [-0.4, -0.2) is 62.3 Å². The number of rotatable bonds is 8. The Hall–Kier alpha value is -2.99. The van der Waals surface area contributed by atoms with Crippen molar-refractivity contribution in [1.82, 2.24) is 4.90 Å². The number of fused-ring (bicyclic) bond motifs is 1. The van der Waals surface area contributed by atoms with Crippen LogP contribution in [0.4, 0.5) is 0 Å². The Morgan fingerprint density at radius 3 is 2.55 bits per heavy atom. The molecular formula is C25H30N2O4. The lowest BCUT2D eigenvalue weighted by atomic mass is 9.85. The summed E-state index contributed by atoms with van der Waals surface area (Å²) in [6.45, 7) is 5.08. The molecule has 0 saturated heterocycles. The molecule has 1 aliphatic rings. The van der Waals surface area contributed by atoms with Crippen LogP contribution < -0.4 is 4.74 Å². The average molecular weight is 423 g/mol. The maximum absolute atomic E-state index is 13.1. The molecule has 1 amide bonds. The van der Waals surface area contributed by atoms with Crippen molar-refractivity contribution in [3.8, 4) is 5.75 Å². The molecule has 1 heterocycles. The van der Waals surface area contributed by atoms with E-state index in [1.165, 1.54) is 0 Å². The first-order valence-electron chi connectivity index (χ1n) is 10.4. The van der Waals surface area contributed by atoms with Gasteiger partial charge in [0.05, 0.1) is 31.4 Å². The molecule has 3 rings (SSSR count). The lowest BCUT2D eigenvalue weighted by Gasteiger charge is -2.29. The van der Waals surface area contributed by atoms with Crippen molar-refractivity contribution in [1.29, 1.82) is 0 Å². The number of nitrogens with zero attached hydrogens (tertiary/aromatic N) is 2.